The van der Waals surface area contributed by atoms with Gasteiger partial charge in [-0.25, -0.2) is 4.98 Å². The van der Waals surface area contributed by atoms with Crippen molar-refractivity contribution in [2.24, 2.45) is 13.0 Å². The standard InChI is InChI=1S/C17H21N5O/c1-11-16(23-14-6-4-5-13(9-14)10-18)8-7-15(19-11)17-12(2)22(3)21-20-17/h7-8,13-14H,4-6,9H2,1-3H3/t13-,14-/m0/s1. The molecule has 0 aliphatic heterocycles. The van der Waals surface area contributed by atoms with Gasteiger partial charge in [0.05, 0.1) is 23.2 Å². The summed E-state index contributed by atoms with van der Waals surface area (Å²) in [7, 11) is 1.87. The van der Waals surface area contributed by atoms with Gasteiger partial charge in [-0.05, 0) is 45.2 Å². The molecule has 1 aliphatic carbocycles. The molecule has 6 heteroatoms. The van der Waals surface area contributed by atoms with Gasteiger partial charge < -0.3 is 4.74 Å². The van der Waals surface area contributed by atoms with E-state index in [1.807, 2.05) is 33.0 Å². The molecule has 2 aromatic rings. The van der Waals surface area contributed by atoms with Crippen molar-refractivity contribution in [2.45, 2.75) is 45.6 Å². The average molecular weight is 311 g/mol. The summed E-state index contributed by atoms with van der Waals surface area (Å²) in [5, 5.41) is 17.3. The van der Waals surface area contributed by atoms with E-state index in [0.717, 1.165) is 54.2 Å². The molecular formula is C17H21N5O. The lowest BCUT2D eigenvalue weighted by Crippen LogP contribution is -2.25. The fraction of sp³-hybridized carbons (Fsp3) is 0.529. The number of hydrogen-bond donors (Lipinski definition) is 0. The Hall–Kier alpha value is -2.42. The zero-order chi connectivity index (χ0) is 16.4. The molecule has 3 rings (SSSR count). The normalized spacial score (nSPS) is 21.0. The molecule has 2 aromatic heterocycles. The maximum atomic E-state index is 9.09. The van der Waals surface area contributed by atoms with Gasteiger partial charge in [0.1, 0.15) is 17.5 Å². The highest BCUT2D eigenvalue weighted by Crippen LogP contribution is 2.29. The Morgan fingerprint density at radius 2 is 2.13 bits per heavy atom. The lowest BCUT2D eigenvalue weighted by molar-refractivity contribution is 0.137. The molecule has 0 N–H and O–H groups in total. The highest BCUT2D eigenvalue weighted by molar-refractivity contribution is 5.57. The van der Waals surface area contributed by atoms with Crippen LogP contribution < -0.4 is 4.74 Å². The van der Waals surface area contributed by atoms with Crippen LogP contribution in [0.5, 0.6) is 5.75 Å². The Labute approximate surface area is 136 Å². The van der Waals surface area contributed by atoms with Gasteiger partial charge in [-0.2, -0.15) is 5.26 Å². The monoisotopic (exact) mass is 311 g/mol. The molecule has 1 aliphatic rings. The molecule has 2 atom stereocenters. The third-order valence-corrected chi connectivity index (χ3v) is 4.49. The SMILES string of the molecule is Cc1nc(-c2nnn(C)c2C)ccc1O[C@H]1CCC[C@H](C#N)C1. The number of hydrogen-bond acceptors (Lipinski definition) is 5. The summed E-state index contributed by atoms with van der Waals surface area (Å²) in [5.74, 6) is 0.905. The van der Waals surface area contributed by atoms with Crippen LogP contribution in [0, 0.1) is 31.1 Å². The Kier molecular flexibility index (Phi) is 4.28. The van der Waals surface area contributed by atoms with Crippen LogP contribution in [0.25, 0.3) is 11.4 Å². The van der Waals surface area contributed by atoms with E-state index < -0.39 is 0 Å². The van der Waals surface area contributed by atoms with Crippen LogP contribution in [0.1, 0.15) is 37.1 Å². The lowest BCUT2D eigenvalue weighted by Gasteiger charge is -2.26. The summed E-state index contributed by atoms with van der Waals surface area (Å²) in [6.07, 6.45) is 3.95. The topological polar surface area (TPSA) is 76.6 Å². The molecule has 0 saturated heterocycles. The van der Waals surface area contributed by atoms with Gasteiger partial charge in [0, 0.05) is 19.4 Å². The van der Waals surface area contributed by atoms with Gasteiger partial charge >= 0.3 is 0 Å². The molecule has 6 nitrogen and oxygen atoms in total. The summed E-state index contributed by atoms with van der Waals surface area (Å²) in [6, 6.07) is 6.23. The van der Waals surface area contributed by atoms with Crippen molar-refractivity contribution >= 4 is 0 Å². The molecule has 0 radical (unpaired) electrons. The second kappa shape index (κ2) is 6.37. The summed E-state index contributed by atoms with van der Waals surface area (Å²) in [6.45, 7) is 3.91. The summed E-state index contributed by atoms with van der Waals surface area (Å²) in [4.78, 5) is 4.62. The van der Waals surface area contributed by atoms with Crippen LogP contribution in [0.15, 0.2) is 12.1 Å². The van der Waals surface area contributed by atoms with E-state index in [0.29, 0.717) is 0 Å². The van der Waals surface area contributed by atoms with E-state index in [-0.39, 0.29) is 12.0 Å². The van der Waals surface area contributed by atoms with Gasteiger partial charge in [-0.15, -0.1) is 5.10 Å². The predicted molar refractivity (Wildman–Crippen MR) is 85.7 cm³/mol. The lowest BCUT2D eigenvalue weighted by atomic mass is 9.88. The summed E-state index contributed by atoms with van der Waals surface area (Å²) >= 11 is 0. The van der Waals surface area contributed by atoms with Crippen molar-refractivity contribution in [2.75, 3.05) is 0 Å². The number of nitrogens with zero attached hydrogens (tertiary/aromatic N) is 5. The van der Waals surface area contributed by atoms with E-state index in [1.54, 1.807) is 4.68 Å². The molecule has 0 spiro atoms. The first-order valence-corrected chi connectivity index (χ1v) is 7.99. The molecule has 23 heavy (non-hydrogen) atoms. The van der Waals surface area contributed by atoms with Gasteiger partial charge in [-0.3, -0.25) is 4.68 Å². The molecule has 0 amide bonds. The fourth-order valence-corrected chi connectivity index (χ4v) is 2.99. The first kappa shape index (κ1) is 15.5. The highest BCUT2D eigenvalue weighted by Gasteiger charge is 2.24. The summed E-state index contributed by atoms with van der Waals surface area (Å²) in [5.41, 5.74) is 3.42. The van der Waals surface area contributed by atoms with E-state index >= 15 is 0 Å². The second-order valence-electron chi connectivity index (χ2n) is 6.16. The Morgan fingerprint density at radius 3 is 2.78 bits per heavy atom. The van der Waals surface area contributed by atoms with Crippen LogP contribution in [0.3, 0.4) is 0 Å². The minimum absolute atomic E-state index is 0.109. The Balaban J connectivity index is 1.77. The van der Waals surface area contributed by atoms with E-state index in [4.69, 9.17) is 10.00 Å². The minimum atomic E-state index is 0.109. The first-order valence-electron chi connectivity index (χ1n) is 7.99. The number of aryl methyl sites for hydroxylation is 2. The van der Waals surface area contributed by atoms with E-state index in [1.165, 1.54) is 0 Å². The van der Waals surface area contributed by atoms with Crippen LogP contribution in [-0.4, -0.2) is 26.1 Å². The van der Waals surface area contributed by atoms with Crippen molar-refractivity contribution < 1.29 is 4.74 Å². The maximum absolute atomic E-state index is 9.09. The van der Waals surface area contributed by atoms with Gasteiger partial charge in [0.2, 0.25) is 0 Å². The molecule has 0 bridgehead atoms. The minimum Gasteiger partial charge on any atom is -0.488 e. The third kappa shape index (κ3) is 3.19. The third-order valence-electron chi connectivity index (χ3n) is 4.49. The highest BCUT2D eigenvalue weighted by atomic mass is 16.5. The molecule has 0 aromatic carbocycles. The Bertz CT molecular complexity index is 746. The molecule has 1 fully saturated rings. The molecule has 0 unspecified atom stereocenters. The average Bonchev–Trinajstić information content (AvgIpc) is 2.89. The van der Waals surface area contributed by atoms with E-state index in [9.17, 15) is 0 Å². The number of ether oxygens (including phenoxy) is 1. The van der Waals surface area contributed by atoms with Crippen molar-refractivity contribution in [3.8, 4) is 23.2 Å². The van der Waals surface area contributed by atoms with Crippen molar-refractivity contribution in [3.63, 3.8) is 0 Å². The first-order chi connectivity index (χ1) is 11.1. The van der Waals surface area contributed by atoms with Crippen LogP contribution in [-0.2, 0) is 7.05 Å². The maximum Gasteiger partial charge on any atom is 0.140 e. The van der Waals surface area contributed by atoms with Crippen LogP contribution in [0.4, 0.5) is 0 Å². The number of nitriles is 1. The van der Waals surface area contributed by atoms with Gasteiger partial charge in [-0.1, -0.05) is 5.21 Å². The molecule has 120 valence electrons. The van der Waals surface area contributed by atoms with Gasteiger partial charge in [0.25, 0.3) is 0 Å². The quantitative estimate of drug-likeness (QED) is 0.871. The van der Waals surface area contributed by atoms with Gasteiger partial charge in [0.15, 0.2) is 0 Å². The zero-order valence-electron chi connectivity index (χ0n) is 13.8. The molecular weight excluding hydrogens is 290 g/mol. The van der Waals surface area contributed by atoms with E-state index in [2.05, 4.69) is 21.4 Å². The molecule has 1 saturated carbocycles. The number of pyridine rings is 1. The largest absolute Gasteiger partial charge is 0.488 e. The smallest absolute Gasteiger partial charge is 0.140 e. The van der Waals surface area contributed by atoms with Crippen molar-refractivity contribution in [3.05, 3.63) is 23.5 Å². The fourth-order valence-electron chi connectivity index (χ4n) is 2.99. The number of rotatable bonds is 3. The summed E-state index contributed by atoms with van der Waals surface area (Å²) < 4.78 is 7.83. The number of aromatic nitrogens is 4. The van der Waals surface area contributed by atoms with Crippen LogP contribution >= 0.6 is 0 Å². The molecule has 2 heterocycles. The zero-order valence-corrected chi connectivity index (χ0v) is 13.8. The van der Waals surface area contributed by atoms with Crippen molar-refractivity contribution in [1.29, 1.82) is 5.26 Å². The van der Waals surface area contributed by atoms with Crippen molar-refractivity contribution in [1.82, 2.24) is 20.0 Å². The Morgan fingerprint density at radius 1 is 1.30 bits per heavy atom. The second-order valence-corrected chi connectivity index (χ2v) is 6.16. The predicted octanol–water partition coefficient (Wildman–Crippen LogP) is 2.96. The van der Waals surface area contributed by atoms with Crippen LogP contribution in [0.2, 0.25) is 0 Å².